The number of rotatable bonds is 2. The fraction of sp³-hybridized carbons (Fsp3) is 0.200. The molecule has 14 heavy (non-hydrogen) atoms. The van der Waals surface area contributed by atoms with Gasteiger partial charge in [-0.25, -0.2) is 4.98 Å². The lowest BCUT2D eigenvalue weighted by molar-refractivity contribution is 0.111. The summed E-state index contributed by atoms with van der Waals surface area (Å²) in [6.07, 6.45) is 2.46. The summed E-state index contributed by atoms with van der Waals surface area (Å²) in [4.78, 5) is 16.7. The maximum atomic E-state index is 10.8. The Morgan fingerprint density at radius 1 is 1.43 bits per heavy atom. The molecule has 0 amide bonds. The van der Waals surface area contributed by atoms with Gasteiger partial charge in [0.05, 0.1) is 11.7 Å². The van der Waals surface area contributed by atoms with E-state index in [1.165, 1.54) is 0 Å². The van der Waals surface area contributed by atoms with Gasteiger partial charge in [-0.15, -0.1) is 0 Å². The van der Waals surface area contributed by atoms with Crippen LogP contribution in [0.25, 0.3) is 5.52 Å². The van der Waals surface area contributed by atoms with Crippen molar-refractivity contribution in [1.29, 1.82) is 0 Å². The van der Waals surface area contributed by atoms with Crippen molar-refractivity contribution in [2.45, 2.75) is 0 Å². The Morgan fingerprint density at radius 3 is 2.86 bits per heavy atom. The van der Waals surface area contributed by atoms with Gasteiger partial charge in [0, 0.05) is 14.1 Å². The number of aromatic nitrogens is 2. The van der Waals surface area contributed by atoms with Crippen LogP contribution in [-0.4, -0.2) is 29.8 Å². The normalized spacial score (nSPS) is 10.4. The lowest BCUT2D eigenvalue weighted by Crippen LogP contribution is -2.13. The van der Waals surface area contributed by atoms with E-state index in [-0.39, 0.29) is 0 Å². The van der Waals surface area contributed by atoms with Crippen LogP contribution in [0, 0.1) is 0 Å². The number of anilines is 1. The van der Waals surface area contributed by atoms with E-state index in [1.54, 1.807) is 6.20 Å². The fourth-order valence-corrected chi connectivity index (χ4v) is 1.49. The molecule has 0 fully saturated rings. The molecule has 4 nitrogen and oxygen atoms in total. The fourth-order valence-electron chi connectivity index (χ4n) is 1.49. The molecule has 2 aromatic heterocycles. The maximum absolute atomic E-state index is 10.8. The van der Waals surface area contributed by atoms with Gasteiger partial charge in [0.15, 0.2) is 12.1 Å². The van der Waals surface area contributed by atoms with Gasteiger partial charge >= 0.3 is 0 Å². The predicted molar refractivity (Wildman–Crippen MR) is 54.9 cm³/mol. The maximum Gasteiger partial charge on any atom is 0.186 e. The van der Waals surface area contributed by atoms with Crippen molar-refractivity contribution in [2.75, 3.05) is 19.0 Å². The average molecular weight is 189 g/mol. The first-order valence-electron chi connectivity index (χ1n) is 4.33. The Balaban J connectivity index is 2.81. The number of aldehydes is 1. The molecule has 0 aliphatic carbocycles. The van der Waals surface area contributed by atoms with Crippen molar-refractivity contribution in [3.8, 4) is 0 Å². The summed E-state index contributed by atoms with van der Waals surface area (Å²) >= 11 is 0. The highest BCUT2D eigenvalue weighted by atomic mass is 16.1. The van der Waals surface area contributed by atoms with Crippen LogP contribution in [-0.2, 0) is 0 Å². The van der Waals surface area contributed by atoms with E-state index >= 15 is 0 Å². The number of hydrogen-bond donors (Lipinski definition) is 0. The van der Waals surface area contributed by atoms with Crippen LogP contribution in [0.4, 0.5) is 5.82 Å². The Morgan fingerprint density at radius 2 is 2.21 bits per heavy atom. The average Bonchev–Trinajstić information content (AvgIpc) is 2.59. The Hall–Kier alpha value is -1.84. The first kappa shape index (κ1) is 8.74. The second-order valence-electron chi connectivity index (χ2n) is 3.27. The molecule has 0 radical (unpaired) electrons. The molecule has 2 aromatic rings. The van der Waals surface area contributed by atoms with E-state index in [4.69, 9.17) is 0 Å². The molecule has 0 N–H and O–H groups in total. The second-order valence-corrected chi connectivity index (χ2v) is 3.27. The van der Waals surface area contributed by atoms with Crippen LogP contribution in [0.2, 0.25) is 0 Å². The van der Waals surface area contributed by atoms with Crippen molar-refractivity contribution in [2.24, 2.45) is 0 Å². The van der Waals surface area contributed by atoms with E-state index in [1.807, 2.05) is 41.6 Å². The van der Waals surface area contributed by atoms with Gasteiger partial charge in [0.1, 0.15) is 5.82 Å². The molecule has 0 unspecified atom stereocenters. The first-order chi connectivity index (χ1) is 6.74. The van der Waals surface area contributed by atoms with Crippen LogP contribution in [0.1, 0.15) is 10.6 Å². The molecule has 0 spiro atoms. The van der Waals surface area contributed by atoms with Gasteiger partial charge in [-0.3, -0.25) is 9.20 Å². The third-order valence-corrected chi connectivity index (χ3v) is 2.12. The van der Waals surface area contributed by atoms with Crippen LogP contribution in [0.3, 0.4) is 0 Å². The molecule has 0 saturated heterocycles. The number of carbonyl (C=O) groups is 1. The van der Waals surface area contributed by atoms with E-state index in [0.717, 1.165) is 17.6 Å². The van der Waals surface area contributed by atoms with Gasteiger partial charge in [-0.1, -0.05) is 6.07 Å². The smallest absolute Gasteiger partial charge is 0.186 e. The standard InChI is InChI=1S/C10H11N3O/c1-12(2)10-5-3-4-8-6-11-9(7-14)13(8)10/h3-7H,1-2H3. The van der Waals surface area contributed by atoms with Gasteiger partial charge < -0.3 is 4.90 Å². The zero-order valence-corrected chi connectivity index (χ0v) is 8.14. The summed E-state index contributed by atoms with van der Waals surface area (Å²) in [6, 6.07) is 5.82. The lowest BCUT2D eigenvalue weighted by atomic mass is 10.4. The van der Waals surface area contributed by atoms with Crippen LogP contribution < -0.4 is 4.90 Å². The van der Waals surface area contributed by atoms with Crippen LogP contribution in [0.15, 0.2) is 24.4 Å². The molecular weight excluding hydrogens is 178 g/mol. The molecule has 0 aromatic carbocycles. The molecule has 0 atom stereocenters. The third kappa shape index (κ3) is 1.16. The minimum atomic E-state index is 0.435. The van der Waals surface area contributed by atoms with Crippen LogP contribution in [0.5, 0.6) is 0 Å². The molecule has 2 rings (SSSR count). The number of hydrogen-bond acceptors (Lipinski definition) is 3. The predicted octanol–water partition coefficient (Wildman–Crippen LogP) is 1.21. The Labute approximate surface area is 81.8 Å². The molecular formula is C10H11N3O. The van der Waals surface area contributed by atoms with Crippen molar-refractivity contribution < 1.29 is 4.79 Å². The van der Waals surface area contributed by atoms with Gasteiger partial charge in [0.25, 0.3) is 0 Å². The van der Waals surface area contributed by atoms with E-state index in [9.17, 15) is 4.79 Å². The quantitative estimate of drug-likeness (QED) is 0.666. The monoisotopic (exact) mass is 189 g/mol. The van der Waals surface area contributed by atoms with Crippen molar-refractivity contribution in [1.82, 2.24) is 9.38 Å². The summed E-state index contributed by atoms with van der Waals surface area (Å²) < 4.78 is 1.83. The number of pyridine rings is 1. The van der Waals surface area contributed by atoms with Crippen LogP contribution >= 0.6 is 0 Å². The third-order valence-electron chi connectivity index (χ3n) is 2.12. The lowest BCUT2D eigenvalue weighted by Gasteiger charge is -2.14. The van der Waals surface area contributed by atoms with Gasteiger partial charge in [0.2, 0.25) is 0 Å². The highest BCUT2D eigenvalue weighted by Crippen LogP contribution is 2.16. The Bertz CT molecular complexity index is 473. The number of fused-ring (bicyclic) bond motifs is 1. The van der Waals surface area contributed by atoms with E-state index < -0.39 is 0 Å². The summed E-state index contributed by atoms with van der Waals surface area (Å²) in [5.41, 5.74) is 0.929. The number of nitrogens with zero attached hydrogens (tertiary/aromatic N) is 3. The molecule has 0 saturated carbocycles. The highest BCUT2D eigenvalue weighted by molar-refractivity contribution is 5.74. The summed E-state index contributed by atoms with van der Waals surface area (Å²) in [5.74, 6) is 1.38. The zero-order chi connectivity index (χ0) is 10.1. The minimum Gasteiger partial charge on any atom is -0.364 e. The number of imidazole rings is 1. The number of carbonyl (C=O) groups excluding carboxylic acids is 1. The summed E-state index contributed by atoms with van der Waals surface area (Å²) in [7, 11) is 3.87. The first-order valence-corrected chi connectivity index (χ1v) is 4.33. The zero-order valence-electron chi connectivity index (χ0n) is 8.14. The summed E-state index contributed by atoms with van der Waals surface area (Å²) in [5, 5.41) is 0. The van der Waals surface area contributed by atoms with Gasteiger partial charge in [-0.05, 0) is 12.1 Å². The van der Waals surface area contributed by atoms with Crippen molar-refractivity contribution in [3.63, 3.8) is 0 Å². The van der Waals surface area contributed by atoms with E-state index in [2.05, 4.69) is 4.98 Å². The largest absolute Gasteiger partial charge is 0.364 e. The summed E-state index contributed by atoms with van der Waals surface area (Å²) in [6.45, 7) is 0. The highest BCUT2D eigenvalue weighted by Gasteiger charge is 2.07. The van der Waals surface area contributed by atoms with Crippen molar-refractivity contribution >= 4 is 17.6 Å². The molecule has 0 bridgehead atoms. The molecule has 4 heteroatoms. The topological polar surface area (TPSA) is 37.6 Å². The molecule has 0 aliphatic rings. The van der Waals surface area contributed by atoms with E-state index in [0.29, 0.717) is 5.82 Å². The SMILES string of the molecule is CN(C)c1cccc2cnc(C=O)n12. The van der Waals surface area contributed by atoms with Gasteiger partial charge in [-0.2, -0.15) is 0 Å². The molecule has 2 heterocycles. The molecule has 72 valence electrons. The molecule has 0 aliphatic heterocycles. The Kier molecular flexibility index (Phi) is 1.96. The second kappa shape index (κ2) is 3.14. The minimum absolute atomic E-state index is 0.435. The van der Waals surface area contributed by atoms with Crippen molar-refractivity contribution in [3.05, 3.63) is 30.2 Å².